The molecule has 1 aromatic rings. The Bertz CT molecular complexity index is 803. The van der Waals surface area contributed by atoms with Crippen molar-refractivity contribution in [3.05, 3.63) is 58.7 Å². The first-order valence-electron chi connectivity index (χ1n) is 9.52. The fourth-order valence-electron chi connectivity index (χ4n) is 2.57. The van der Waals surface area contributed by atoms with E-state index in [1.165, 1.54) is 11.1 Å². The van der Waals surface area contributed by atoms with Gasteiger partial charge in [-0.1, -0.05) is 34.9 Å². The smallest absolute Gasteiger partial charge is 0.309 e. The van der Waals surface area contributed by atoms with Gasteiger partial charge in [-0.2, -0.15) is 0 Å². The lowest BCUT2D eigenvalue weighted by molar-refractivity contribution is -0.139. The number of benzene rings is 1. The van der Waals surface area contributed by atoms with Gasteiger partial charge in [0.15, 0.2) is 0 Å². The quantitative estimate of drug-likeness (QED) is 0.490. The molecule has 0 fully saturated rings. The van der Waals surface area contributed by atoms with Crippen LogP contribution in [0.2, 0.25) is 0 Å². The molecule has 0 spiro atoms. The molecule has 0 aliphatic rings. The van der Waals surface area contributed by atoms with Crippen molar-refractivity contribution in [3.63, 3.8) is 0 Å². The van der Waals surface area contributed by atoms with Gasteiger partial charge in [-0.3, -0.25) is 9.59 Å². The molecular weight excluding hydrogens is 368 g/mol. The lowest BCUT2D eigenvalue weighted by Crippen LogP contribution is -2.40. The van der Waals surface area contributed by atoms with Gasteiger partial charge in [-0.25, -0.2) is 0 Å². The van der Waals surface area contributed by atoms with Crippen LogP contribution in [0.3, 0.4) is 0 Å². The summed E-state index contributed by atoms with van der Waals surface area (Å²) in [5.74, 6) is -0.0865. The van der Waals surface area contributed by atoms with E-state index in [1.807, 2.05) is 26.0 Å². The van der Waals surface area contributed by atoms with Crippen molar-refractivity contribution in [1.29, 1.82) is 0 Å². The molecule has 0 radical (unpaired) electrons. The van der Waals surface area contributed by atoms with Crippen molar-refractivity contribution in [2.75, 3.05) is 20.8 Å². The van der Waals surface area contributed by atoms with E-state index in [2.05, 4.69) is 30.6 Å². The molecule has 0 saturated carbocycles. The zero-order chi connectivity index (χ0) is 21.8. The summed E-state index contributed by atoms with van der Waals surface area (Å²) >= 11 is 0. The van der Waals surface area contributed by atoms with Crippen LogP contribution in [-0.4, -0.2) is 32.6 Å². The SMILES string of the molecule is COc1ccc(CNC(=O)C(=O)NCC/C(C)=C/C=C(/C)C=C(C)C)c(OC)c1. The molecule has 0 unspecified atom stereocenters. The Kier molecular flexibility index (Phi) is 10.3. The normalized spacial score (nSPS) is 11.5. The minimum atomic E-state index is -0.677. The van der Waals surface area contributed by atoms with Gasteiger partial charge >= 0.3 is 11.8 Å². The van der Waals surface area contributed by atoms with Crippen LogP contribution >= 0.6 is 0 Å². The number of nitrogens with one attached hydrogen (secondary N) is 2. The van der Waals surface area contributed by atoms with E-state index in [1.54, 1.807) is 32.4 Å². The first-order chi connectivity index (χ1) is 13.8. The Hall–Kier alpha value is -3.02. The lowest BCUT2D eigenvalue weighted by Gasteiger charge is -2.11. The fraction of sp³-hybridized carbons (Fsp3) is 0.391. The number of carbonyl (C=O) groups excluding carboxylic acids is 2. The summed E-state index contributed by atoms with van der Waals surface area (Å²) in [7, 11) is 3.11. The van der Waals surface area contributed by atoms with Crippen LogP contribution in [0.5, 0.6) is 11.5 Å². The summed E-state index contributed by atoms with van der Waals surface area (Å²) in [5, 5.41) is 5.25. The number of ether oxygens (including phenoxy) is 2. The first-order valence-corrected chi connectivity index (χ1v) is 9.52. The van der Waals surface area contributed by atoms with E-state index in [9.17, 15) is 9.59 Å². The first kappa shape index (κ1) is 24.0. The third-order valence-corrected chi connectivity index (χ3v) is 4.09. The molecule has 2 N–H and O–H groups in total. The molecule has 0 aromatic heterocycles. The second kappa shape index (κ2) is 12.4. The van der Waals surface area contributed by atoms with Gasteiger partial charge in [0.2, 0.25) is 0 Å². The molecule has 2 amide bonds. The van der Waals surface area contributed by atoms with Crippen molar-refractivity contribution >= 4 is 11.8 Å². The summed E-state index contributed by atoms with van der Waals surface area (Å²) in [5.41, 5.74) is 4.29. The Morgan fingerprint density at radius 1 is 0.966 bits per heavy atom. The van der Waals surface area contributed by atoms with E-state index in [4.69, 9.17) is 9.47 Å². The maximum absolute atomic E-state index is 12.0. The van der Waals surface area contributed by atoms with Gasteiger partial charge in [-0.05, 0) is 46.2 Å². The summed E-state index contributed by atoms with van der Waals surface area (Å²) in [4.78, 5) is 24.0. The van der Waals surface area contributed by atoms with Crippen molar-refractivity contribution in [1.82, 2.24) is 10.6 Å². The van der Waals surface area contributed by atoms with E-state index in [0.717, 1.165) is 11.1 Å². The number of allylic oxidation sites excluding steroid dienone is 5. The largest absolute Gasteiger partial charge is 0.497 e. The van der Waals surface area contributed by atoms with Gasteiger partial charge in [0.1, 0.15) is 11.5 Å². The van der Waals surface area contributed by atoms with Crippen LogP contribution in [-0.2, 0) is 16.1 Å². The minimum absolute atomic E-state index is 0.187. The zero-order valence-electron chi connectivity index (χ0n) is 18.2. The Balaban J connectivity index is 2.47. The molecule has 1 rings (SSSR count). The van der Waals surface area contributed by atoms with Crippen molar-refractivity contribution in [3.8, 4) is 11.5 Å². The fourth-order valence-corrected chi connectivity index (χ4v) is 2.57. The molecule has 1 aromatic carbocycles. The number of hydrogen-bond donors (Lipinski definition) is 2. The highest BCUT2D eigenvalue weighted by Crippen LogP contribution is 2.24. The van der Waals surface area contributed by atoms with Crippen LogP contribution < -0.4 is 20.1 Å². The van der Waals surface area contributed by atoms with E-state index in [-0.39, 0.29) is 6.54 Å². The molecule has 29 heavy (non-hydrogen) atoms. The molecule has 0 aliphatic heterocycles. The molecule has 0 heterocycles. The van der Waals surface area contributed by atoms with Gasteiger partial charge < -0.3 is 20.1 Å². The Labute approximate surface area is 173 Å². The van der Waals surface area contributed by atoms with Gasteiger partial charge in [0.05, 0.1) is 14.2 Å². The van der Waals surface area contributed by atoms with Crippen molar-refractivity contribution in [2.45, 2.75) is 40.7 Å². The van der Waals surface area contributed by atoms with Gasteiger partial charge in [0, 0.05) is 24.7 Å². The summed E-state index contributed by atoms with van der Waals surface area (Å²) in [6.07, 6.45) is 6.84. The maximum Gasteiger partial charge on any atom is 0.309 e. The average Bonchev–Trinajstić information content (AvgIpc) is 2.69. The van der Waals surface area contributed by atoms with E-state index >= 15 is 0 Å². The predicted molar refractivity (Wildman–Crippen MR) is 116 cm³/mol. The molecule has 158 valence electrons. The second-order valence-electron chi connectivity index (χ2n) is 7.01. The van der Waals surface area contributed by atoms with Gasteiger partial charge in [0.25, 0.3) is 0 Å². The lowest BCUT2D eigenvalue weighted by atomic mass is 10.1. The van der Waals surface area contributed by atoms with Crippen LogP contribution in [0.25, 0.3) is 0 Å². The number of hydrogen-bond acceptors (Lipinski definition) is 4. The molecule has 0 atom stereocenters. The highest BCUT2D eigenvalue weighted by atomic mass is 16.5. The highest BCUT2D eigenvalue weighted by molar-refractivity contribution is 6.35. The molecule has 6 heteroatoms. The maximum atomic E-state index is 12.0. The molecule has 0 saturated heterocycles. The summed E-state index contributed by atoms with van der Waals surface area (Å²) in [6, 6.07) is 5.28. The van der Waals surface area contributed by atoms with Gasteiger partial charge in [-0.15, -0.1) is 0 Å². The number of methoxy groups -OCH3 is 2. The standard InChI is InChI=1S/C23H32N2O4/c1-16(2)13-18(4)8-7-17(3)11-12-24-22(26)23(27)25-15-19-9-10-20(28-5)14-21(19)29-6/h7-10,13-14H,11-12,15H2,1-6H3,(H,24,26)(H,25,27)/b17-7+,18-8-. The van der Waals surface area contributed by atoms with E-state index in [0.29, 0.717) is 24.5 Å². The predicted octanol–water partition coefficient (Wildman–Crippen LogP) is 3.69. The molecular formula is C23H32N2O4. The third-order valence-electron chi connectivity index (χ3n) is 4.09. The van der Waals surface area contributed by atoms with E-state index < -0.39 is 11.8 Å². The topological polar surface area (TPSA) is 76.7 Å². The van der Waals surface area contributed by atoms with Crippen LogP contribution in [0.4, 0.5) is 0 Å². The highest BCUT2D eigenvalue weighted by Gasteiger charge is 2.13. The molecule has 6 nitrogen and oxygen atoms in total. The molecule has 0 aliphatic carbocycles. The van der Waals surface area contributed by atoms with Crippen molar-refractivity contribution < 1.29 is 19.1 Å². The number of carbonyl (C=O) groups is 2. The third kappa shape index (κ3) is 9.14. The second-order valence-corrected chi connectivity index (χ2v) is 7.01. The molecule has 0 bridgehead atoms. The number of amides is 2. The van der Waals surface area contributed by atoms with Crippen LogP contribution in [0.1, 0.15) is 39.7 Å². The number of rotatable bonds is 9. The summed E-state index contributed by atoms with van der Waals surface area (Å²) in [6.45, 7) is 8.73. The monoisotopic (exact) mass is 400 g/mol. The van der Waals surface area contributed by atoms with Crippen LogP contribution in [0, 0.1) is 0 Å². The zero-order valence-corrected chi connectivity index (χ0v) is 18.2. The minimum Gasteiger partial charge on any atom is -0.497 e. The Morgan fingerprint density at radius 3 is 2.28 bits per heavy atom. The average molecular weight is 401 g/mol. The Morgan fingerprint density at radius 2 is 1.66 bits per heavy atom. The van der Waals surface area contributed by atoms with Crippen LogP contribution in [0.15, 0.2) is 53.1 Å². The summed E-state index contributed by atoms with van der Waals surface area (Å²) < 4.78 is 10.4. The van der Waals surface area contributed by atoms with Crippen molar-refractivity contribution in [2.24, 2.45) is 0 Å².